The van der Waals surface area contributed by atoms with E-state index in [1.54, 1.807) is 6.92 Å². The molecule has 8 atom stereocenters. The lowest BCUT2D eigenvalue weighted by Gasteiger charge is -2.68. The Bertz CT molecular complexity index is 1280. The lowest BCUT2D eigenvalue weighted by molar-refractivity contribution is -0.212. The van der Waals surface area contributed by atoms with Gasteiger partial charge in [-0.25, -0.2) is 0 Å². The Morgan fingerprint density at radius 1 is 0.795 bits per heavy atom. The van der Waals surface area contributed by atoms with Gasteiger partial charge in [-0.2, -0.15) is 0 Å². The van der Waals surface area contributed by atoms with Crippen molar-refractivity contribution in [2.75, 3.05) is 26.2 Å². The smallest absolute Gasteiger partial charge is 0.302 e. The van der Waals surface area contributed by atoms with Gasteiger partial charge in [-0.15, -0.1) is 0 Å². The summed E-state index contributed by atoms with van der Waals surface area (Å²) >= 11 is 0. The molecule has 5 fully saturated rings. The number of hydrogen-bond donors (Lipinski definition) is 0. The van der Waals surface area contributed by atoms with Crippen LogP contribution in [0.1, 0.15) is 113 Å². The molecule has 1 aliphatic heterocycles. The normalized spacial score (nSPS) is 41.5. The third kappa shape index (κ3) is 4.47. The standard InChI is InChI=1S/C37H56N2O5/c1-22(2)31-27(42)21-37(33(43)39-19-17-38(18-20-39)23(3)40)16-11-26-25(32(31)37)9-10-29-35(26,7)14-12-28-34(5,6)30(44-24(4)41)13-15-36(28,29)8/h22,25-26,28-30H,9-21H2,1-8H3/t25-,26?,28?,29?,30-,35?,36?,37+/m0/s1. The molecule has 0 radical (unpaired) electrons. The lowest BCUT2D eigenvalue weighted by atomic mass is 9.36. The maximum absolute atomic E-state index is 14.6. The van der Waals surface area contributed by atoms with E-state index in [2.05, 4.69) is 41.5 Å². The number of fused-ring (bicyclic) bond motifs is 7. The predicted molar refractivity (Wildman–Crippen MR) is 169 cm³/mol. The first kappa shape index (κ1) is 31.8. The zero-order valence-electron chi connectivity index (χ0n) is 28.6. The van der Waals surface area contributed by atoms with Gasteiger partial charge >= 0.3 is 5.97 Å². The van der Waals surface area contributed by atoms with Crippen LogP contribution in [0.25, 0.3) is 0 Å². The molecule has 0 bridgehead atoms. The molecule has 6 aliphatic rings. The molecule has 2 amide bonds. The van der Waals surface area contributed by atoms with Crippen molar-refractivity contribution in [3.05, 3.63) is 11.1 Å². The van der Waals surface area contributed by atoms with E-state index in [1.807, 2.05) is 9.80 Å². The van der Waals surface area contributed by atoms with E-state index in [0.717, 1.165) is 56.9 Å². The molecule has 0 spiro atoms. The Kier molecular flexibility index (Phi) is 7.72. The first-order chi connectivity index (χ1) is 20.6. The van der Waals surface area contributed by atoms with Crippen LogP contribution in [0.4, 0.5) is 0 Å². The van der Waals surface area contributed by atoms with Gasteiger partial charge < -0.3 is 14.5 Å². The van der Waals surface area contributed by atoms with Gasteiger partial charge in [0.05, 0.1) is 5.41 Å². The summed E-state index contributed by atoms with van der Waals surface area (Å²) in [5, 5.41) is 0. The molecule has 44 heavy (non-hydrogen) atoms. The summed E-state index contributed by atoms with van der Waals surface area (Å²) in [4.78, 5) is 56.2. The van der Waals surface area contributed by atoms with Gasteiger partial charge in [0.1, 0.15) is 6.10 Å². The topological polar surface area (TPSA) is 84.0 Å². The molecule has 244 valence electrons. The molecule has 0 aromatic heterocycles. The van der Waals surface area contributed by atoms with Gasteiger partial charge in [-0.05, 0) is 103 Å². The number of esters is 1. The van der Waals surface area contributed by atoms with Crippen molar-refractivity contribution >= 4 is 23.6 Å². The maximum atomic E-state index is 14.6. The first-order valence-electron chi connectivity index (χ1n) is 17.6. The average Bonchev–Trinajstić information content (AvgIpc) is 3.27. The van der Waals surface area contributed by atoms with Crippen LogP contribution in [0.3, 0.4) is 0 Å². The van der Waals surface area contributed by atoms with Gasteiger partial charge in [-0.3, -0.25) is 19.2 Å². The van der Waals surface area contributed by atoms with Crippen molar-refractivity contribution in [3.63, 3.8) is 0 Å². The minimum Gasteiger partial charge on any atom is -0.462 e. The van der Waals surface area contributed by atoms with Crippen LogP contribution in [-0.2, 0) is 23.9 Å². The Hall–Kier alpha value is -2.18. The average molecular weight is 609 g/mol. The number of carbonyl (C=O) groups is 4. The molecule has 7 nitrogen and oxygen atoms in total. The number of nitrogens with zero attached hydrogens (tertiary/aromatic N) is 2. The highest BCUT2D eigenvalue weighted by atomic mass is 16.5. The summed E-state index contributed by atoms with van der Waals surface area (Å²) in [6.45, 7) is 19.4. The largest absolute Gasteiger partial charge is 0.462 e. The Balaban J connectivity index is 1.32. The third-order valence-electron chi connectivity index (χ3n) is 14.3. The highest BCUT2D eigenvalue weighted by molar-refractivity contribution is 6.07. The molecular weight excluding hydrogens is 552 g/mol. The van der Waals surface area contributed by atoms with Crippen LogP contribution in [0.15, 0.2) is 11.1 Å². The number of ether oxygens (including phenoxy) is 1. The Morgan fingerprint density at radius 3 is 2.05 bits per heavy atom. The number of carbonyl (C=O) groups excluding carboxylic acids is 4. The van der Waals surface area contributed by atoms with Crippen LogP contribution in [-0.4, -0.2) is 65.6 Å². The second-order valence-electron chi connectivity index (χ2n) is 16.9. The van der Waals surface area contributed by atoms with Crippen LogP contribution in [0.2, 0.25) is 0 Å². The lowest BCUT2D eigenvalue weighted by Crippen LogP contribution is -2.63. The van der Waals surface area contributed by atoms with E-state index < -0.39 is 5.41 Å². The van der Waals surface area contributed by atoms with Crippen molar-refractivity contribution < 1.29 is 23.9 Å². The number of rotatable bonds is 3. The van der Waals surface area contributed by atoms with E-state index in [1.165, 1.54) is 12.5 Å². The minimum absolute atomic E-state index is 0.0272. The Labute approximate surface area is 264 Å². The number of allylic oxidation sites excluding steroid dienone is 1. The first-order valence-corrected chi connectivity index (χ1v) is 17.6. The molecule has 5 aliphatic carbocycles. The fraction of sp³-hybridized carbons (Fsp3) is 0.838. The number of amides is 2. The monoisotopic (exact) mass is 608 g/mol. The van der Waals surface area contributed by atoms with Gasteiger partial charge in [0, 0.05) is 51.9 Å². The van der Waals surface area contributed by atoms with Gasteiger partial charge in [0.25, 0.3) is 0 Å². The second-order valence-corrected chi connectivity index (χ2v) is 16.9. The van der Waals surface area contributed by atoms with E-state index in [-0.39, 0.29) is 57.8 Å². The van der Waals surface area contributed by atoms with Crippen molar-refractivity contribution in [2.24, 2.45) is 51.2 Å². The minimum atomic E-state index is -0.704. The van der Waals surface area contributed by atoms with E-state index in [0.29, 0.717) is 50.4 Å². The van der Waals surface area contributed by atoms with Gasteiger partial charge in [-0.1, -0.05) is 41.5 Å². The molecular formula is C37H56N2O5. The zero-order chi connectivity index (χ0) is 32.0. The molecule has 0 N–H and O–H groups in total. The van der Waals surface area contributed by atoms with Crippen LogP contribution >= 0.6 is 0 Å². The predicted octanol–water partition coefficient (Wildman–Crippen LogP) is 6.20. The van der Waals surface area contributed by atoms with E-state index in [4.69, 9.17) is 4.74 Å². The summed E-state index contributed by atoms with van der Waals surface area (Å²) in [6, 6.07) is 0. The quantitative estimate of drug-likeness (QED) is 0.357. The van der Waals surface area contributed by atoms with Crippen molar-refractivity contribution in [2.45, 2.75) is 119 Å². The second kappa shape index (κ2) is 10.7. The van der Waals surface area contributed by atoms with Gasteiger partial charge in [0.2, 0.25) is 11.8 Å². The maximum Gasteiger partial charge on any atom is 0.302 e. The number of piperazine rings is 1. The zero-order valence-corrected chi connectivity index (χ0v) is 28.6. The molecule has 0 aromatic rings. The van der Waals surface area contributed by atoms with Crippen molar-refractivity contribution in [1.29, 1.82) is 0 Å². The fourth-order valence-corrected chi connectivity index (χ4v) is 12.5. The Morgan fingerprint density at radius 2 is 1.43 bits per heavy atom. The molecule has 6 rings (SSSR count). The van der Waals surface area contributed by atoms with E-state index in [9.17, 15) is 19.2 Å². The molecule has 7 heteroatoms. The third-order valence-corrected chi connectivity index (χ3v) is 14.3. The summed E-state index contributed by atoms with van der Waals surface area (Å²) in [6.07, 6.45) is 8.54. The molecule has 0 aromatic carbocycles. The summed E-state index contributed by atoms with van der Waals surface area (Å²) in [7, 11) is 0. The highest BCUT2D eigenvalue weighted by Gasteiger charge is 2.67. The van der Waals surface area contributed by atoms with Crippen molar-refractivity contribution in [3.8, 4) is 0 Å². The number of Topliss-reactive ketones (excluding diaryl/α,β-unsaturated/α-hetero) is 1. The summed E-state index contributed by atoms with van der Waals surface area (Å²) in [5.41, 5.74) is 1.74. The molecule has 4 saturated carbocycles. The van der Waals surface area contributed by atoms with Crippen LogP contribution in [0, 0.1) is 51.2 Å². The molecule has 1 heterocycles. The van der Waals surface area contributed by atoms with Crippen LogP contribution in [0.5, 0.6) is 0 Å². The number of ketones is 1. The fourth-order valence-electron chi connectivity index (χ4n) is 12.5. The highest BCUT2D eigenvalue weighted by Crippen LogP contribution is 2.73. The molecule has 5 unspecified atom stereocenters. The summed E-state index contributed by atoms with van der Waals surface area (Å²) < 4.78 is 5.91. The summed E-state index contributed by atoms with van der Waals surface area (Å²) in [5.74, 6) is 2.17. The molecule has 1 saturated heterocycles. The van der Waals surface area contributed by atoms with Gasteiger partial charge in [0.15, 0.2) is 5.78 Å². The van der Waals surface area contributed by atoms with Crippen molar-refractivity contribution in [1.82, 2.24) is 9.80 Å². The van der Waals surface area contributed by atoms with E-state index >= 15 is 0 Å². The SMILES string of the molecule is CC(=O)O[C@H]1CCC2(C)C3CC[C@@H]4C5=C(C(C)C)C(=O)C[C@]5(C(=O)N5CCN(C(C)=O)CC5)CCC4C3(C)CCC2C1(C)C. The van der Waals surface area contributed by atoms with Crippen LogP contribution < -0.4 is 0 Å². The number of hydrogen-bond acceptors (Lipinski definition) is 5.